The molecule has 1 aromatic rings. The maximum Gasteiger partial charge on any atom is 0.239 e. The zero-order chi connectivity index (χ0) is 14.4. The second-order valence-corrected chi connectivity index (χ2v) is 4.83. The third kappa shape index (κ3) is 4.80. The summed E-state index contributed by atoms with van der Waals surface area (Å²) in [5.74, 6) is -0.320. The molecule has 1 aromatic carbocycles. The largest absolute Gasteiger partial charge is 0.342 e. The Hall–Kier alpha value is -1.13. The molecule has 0 aliphatic heterocycles. The number of halogens is 2. The number of rotatable bonds is 6. The molecule has 1 N–H and O–H groups in total. The van der Waals surface area contributed by atoms with Crippen molar-refractivity contribution in [1.29, 1.82) is 0 Å². The topological polar surface area (TPSA) is 32.3 Å². The molecule has 0 aromatic heterocycles. The number of benzene rings is 1. The minimum absolute atomic E-state index is 0.0486. The van der Waals surface area contributed by atoms with Gasteiger partial charge in [-0.05, 0) is 44.5 Å². The number of nitrogens with one attached hydrogen (secondary N) is 1. The van der Waals surface area contributed by atoms with Gasteiger partial charge in [-0.1, -0.05) is 11.6 Å². The van der Waals surface area contributed by atoms with Crippen LogP contribution in [0.5, 0.6) is 0 Å². The summed E-state index contributed by atoms with van der Waals surface area (Å²) in [7, 11) is 0. The van der Waals surface area contributed by atoms with Crippen molar-refractivity contribution in [2.75, 3.05) is 13.1 Å². The van der Waals surface area contributed by atoms with E-state index < -0.39 is 0 Å². The van der Waals surface area contributed by atoms with Crippen molar-refractivity contribution in [2.45, 2.75) is 33.4 Å². The summed E-state index contributed by atoms with van der Waals surface area (Å²) in [4.78, 5) is 13.8. The first-order valence-electron chi connectivity index (χ1n) is 6.45. The van der Waals surface area contributed by atoms with Crippen molar-refractivity contribution in [1.82, 2.24) is 10.2 Å². The number of carbonyl (C=O) groups is 1. The van der Waals surface area contributed by atoms with Crippen molar-refractivity contribution in [3.63, 3.8) is 0 Å². The molecule has 1 atom stereocenters. The molecule has 1 rings (SSSR count). The zero-order valence-electron chi connectivity index (χ0n) is 11.5. The number of nitrogens with zero attached hydrogens (tertiary/aromatic N) is 1. The number of hydrogen-bond acceptors (Lipinski definition) is 2. The first-order valence-corrected chi connectivity index (χ1v) is 6.82. The van der Waals surface area contributed by atoms with E-state index in [0.29, 0.717) is 24.7 Å². The summed E-state index contributed by atoms with van der Waals surface area (Å²) < 4.78 is 13.2. The van der Waals surface area contributed by atoms with Gasteiger partial charge in [0, 0.05) is 24.7 Å². The van der Waals surface area contributed by atoms with Crippen molar-refractivity contribution in [3.8, 4) is 0 Å². The summed E-state index contributed by atoms with van der Waals surface area (Å²) in [5.41, 5.74) is 0.726. The Bertz CT molecular complexity index is 415. The third-order valence-electron chi connectivity index (χ3n) is 2.98. The van der Waals surface area contributed by atoms with Crippen LogP contribution in [0, 0.1) is 5.82 Å². The lowest BCUT2D eigenvalue weighted by molar-refractivity contribution is -0.132. The van der Waals surface area contributed by atoms with Crippen LogP contribution in [-0.2, 0) is 11.3 Å². The predicted molar refractivity (Wildman–Crippen MR) is 75.6 cm³/mol. The fourth-order valence-corrected chi connectivity index (χ4v) is 2.12. The summed E-state index contributed by atoms with van der Waals surface area (Å²) in [6.07, 6.45) is 0. The van der Waals surface area contributed by atoms with Gasteiger partial charge in [-0.2, -0.15) is 0 Å². The molecular formula is C14H20ClFN2O. The molecule has 106 valence electrons. The van der Waals surface area contributed by atoms with Crippen LogP contribution >= 0.6 is 11.6 Å². The zero-order valence-corrected chi connectivity index (χ0v) is 12.3. The van der Waals surface area contributed by atoms with Crippen LogP contribution in [0.3, 0.4) is 0 Å². The van der Waals surface area contributed by atoms with Gasteiger partial charge in [0.25, 0.3) is 0 Å². The van der Waals surface area contributed by atoms with Gasteiger partial charge in [0.15, 0.2) is 0 Å². The summed E-state index contributed by atoms with van der Waals surface area (Å²) in [5, 5.41) is 3.45. The van der Waals surface area contributed by atoms with Crippen LogP contribution in [0.15, 0.2) is 18.2 Å². The van der Waals surface area contributed by atoms with Crippen molar-refractivity contribution >= 4 is 17.5 Å². The summed E-state index contributed by atoms with van der Waals surface area (Å²) >= 11 is 5.78. The van der Waals surface area contributed by atoms with Crippen molar-refractivity contribution in [3.05, 3.63) is 34.6 Å². The lowest BCUT2D eigenvalue weighted by Crippen LogP contribution is -2.44. The highest BCUT2D eigenvalue weighted by Gasteiger charge is 2.17. The van der Waals surface area contributed by atoms with E-state index in [2.05, 4.69) is 5.32 Å². The highest BCUT2D eigenvalue weighted by molar-refractivity contribution is 6.30. The van der Waals surface area contributed by atoms with Crippen molar-refractivity contribution < 1.29 is 9.18 Å². The second kappa shape index (κ2) is 7.46. The Labute approximate surface area is 118 Å². The van der Waals surface area contributed by atoms with Crippen LogP contribution in [0.1, 0.15) is 26.3 Å². The lowest BCUT2D eigenvalue weighted by atomic mass is 10.2. The van der Waals surface area contributed by atoms with Gasteiger partial charge in [-0.3, -0.25) is 4.79 Å². The Morgan fingerprint density at radius 2 is 2.00 bits per heavy atom. The fourth-order valence-electron chi connectivity index (χ4n) is 1.88. The Morgan fingerprint density at radius 1 is 1.37 bits per heavy atom. The van der Waals surface area contributed by atoms with Crippen LogP contribution in [-0.4, -0.2) is 29.9 Å². The quantitative estimate of drug-likeness (QED) is 0.872. The van der Waals surface area contributed by atoms with Crippen LogP contribution < -0.4 is 5.32 Å². The molecule has 0 bridgehead atoms. The Kier molecular flexibility index (Phi) is 6.25. The van der Waals surface area contributed by atoms with E-state index in [-0.39, 0.29) is 17.8 Å². The van der Waals surface area contributed by atoms with Gasteiger partial charge in [-0.15, -0.1) is 0 Å². The summed E-state index contributed by atoms with van der Waals surface area (Å²) in [6.45, 7) is 7.48. The maximum atomic E-state index is 13.2. The normalized spacial score (nSPS) is 12.3. The molecule has 19 heavy (non-hydrogen) atoms. The molecule has 0 saturated carbocycles. The number of amides is 1. The molecule has 0 heterocycles. The minimum Gasteiger partial charge on any atom is -0.342 e. The van der Waals surface area contributed by atoms with Gasteiger partial charge >= 0.3 is 0 Å². The maximum absolute atomic E-state index is 13.2. The third-order valence-corrected chi connectivity index (χ3v) is 3.20. The van der Waals surface area contributed by atoms with Gasteiger partial charge < -0.3 is 10.2 Å². The Balaban J connectivity index is 2.58. The highest BCUT2D eigenvalue weighted by Crippen LogP contribution is 2.14. The predicted octanol–water partition coefficient (Wildman–Crippen LogP) is 2.83. The SMILES string of the molecule is CCN(CC)C(=O)C(C)NCc1cc(F)cc(Cl)c1. The standard InChI is InChI=1S/C14H20ClFN2O/c1-4-18(5-2)14(19)10(3)17-9-11-6-12(15)8-13(16)7-11/h6-8,10,17H,4-5,9H2,1-3H3. The van der Waals surface area contributed by atoms with E-state index in [0.717, 1.165) is 5.56 Å². The number of likely N-dealkylation sites (N-methyl/N-ethyl adjacent to an activating group) is 1. The number of carbonyl (C=O) groups excluding carboxylic acids is 1. The molecule has 0 aliphatic carbocycles. The molecule has 0 fully saturated rings. The minimum atomic E-state index is -0.368. The first kappa shape index (κ1) is 15.9. The van der Waals surface area contributed by atoms with E-state index in [1.807, 2.05) is 20.8 Å². The van der Waals surface area contributed by atoms with E-state index in [1.54, 1.807) is 11.0 Å². The molecule has 5 heteroatoms. The van der Waals surface area contributed by atoms with Crippen molar-refractivity contribution in [2.24, 2.45) is 0 Å². The molecule has 0 spiro atoms. The van der Waals surface area contributed by atoms with E-state index >= 15 is 0 Å². The second-order valence-electron chi connectivity index (χ2n) is 4.39. The first-order chi connectivity index (χ1) is 8.97. The average molecular weight is 287 g/mol. The average Bonchev–Trinajstić information content (AvgIpc) is 2.36. The molecule has 0 saturated heterocycles. The van der Waals surface area contributed by atoms with Gasteiger partial charge in [-0.25, -0.2) is 4.39 Å². The van der Waals surface area contributed by atoms with Gasteiger partial charge in [0.05, 0.1) is 6.04 Å². The summed E-state index contributed by atoms with van der Waals surface area (Å²) in [6, 6.07) is 4.05. The molecular weight excluding hydrogens is 267 g/mol. The Morgan fingerprint density at radius 3 is 2.53 bits per heavy atom. The van der Waals surface area contributed by atoms with Crippen LogP contribution in [0.2, 0.25) is 5.02 Å². The van der Waals surface area contributed by atoms with Gasteiger partial charge in [0.2, 0.25) is 5.91 Å². The smallest absolute Gasteiger partial charge is 0.239 e. The molecule has 1 unspecified atom stereocenters. The molecule has 1 amide bonds. The van der Waals surface area contributed by atoms with Gasteiger partial charge in [0.1, 0.15) is 5.82 Å². The fraction of sp³-hybridized carbons (Fsp3) is 0.500. The van der Waals surface area contributed by atoms with E-state index in [4.69, 9.17) is 11.6 Å². The van der Waals surface area contributed by atoms with E-state index in [1.165, 1.54) is 12.1 Å². The molecule has 3 nitrogen and oxygen atoms in total. The highest BCUT2D eigenvalue weighted by atomic mass is 35.5. The van der Waals surface area contributed by atoms with E-state index in [9.17, 15) is 9.18 Å². The number of hydrogen-bond donors (Lipinski definition) is 1. The van der Waals surface area contributed by atoms with Crippen LogP contribution in [0.25, 0.3) is 0 Å². The monoisotopic (exact) mass is 286 g/mol. The lowest BCUT2D eigenvalue weighted by Gasteiger charge is -2.23. The molecule has 0 aliphatic rings. The van der Waals surface area contributed by atoms with Crippen LogP contribution in [0.4, 0.5) is 4.39 Å². The molecule has 0 radical (unpaired) electrons.